The van der Waals surface area contributed by atoms with Crippen molar-refractivity contribution in [2.45, 2.75) is 46.7 Å². The van der Waals surface area contributed by atoms with E-state index in [0.717, 1.165) is 23.8 Å². The summed E-state index contributed by atoms with van der Waals surface area (Å²) in [4.78, 5) is 8.84. The second-order valence-electron chi connectivity index (χ2n) is 6.55. The summed E-state index contributed by atoms with van der Waals surface area (Å²) in [6.07, 6.45) is 1.75. The first-order valence-corrected chi connectivity index (χ1v) is 7.95. The molecule has 1 aromatic carbocycles. The van der Waals surface area contributed by atoms with Gasteiger partial charge < -0.3 is 15.1 Å². The van der Waals surface area contributed by atoms with Crippen molar-refractivity contribution in [2.75, 3.05) is 6.54 Å². The molecule has 0 bridgehead atoms. The summed E-state index contributed by atoms with van der Waals surface area (Å²) >= 11 is 0. The number of guanidine groups is 1. The standard InChI is InChI=1S/C18H26N4O/c1-6-19-17(22-18(3,4)5)21-12-16-20-11-15(23-16)14-9-7-13(2)8-10-14/h7-11H,6,12H2,1-5H3,(H2,19,21,22). The summed E-state index contributed by atoms with van der Waals surface area (Å²) in [7, 11) is 0. The van der Waals surface area contributed by atoms with Crippen molar-refractivity contribution in [1.82, 2.24) is 15.6 Å². The molecule has 0 atom stereocenters. The summed E-state index contributed by atoms with van der Waals surface area (Å²) in [5.41, 5.74) is 2.20. The smallest absolute Gasteiger partial charge is 0.216 e. The van der Waals surface area contributed by atoms with Crippen molar-refractivity contribution in [2.24, 2.45) is 4.99 Å². The Morgan fingerprint density at radius 3 is 2.52 bits per heavy atom. The van der Waals surface area contributed by atoms with E-state index >= 15 is 0 Å². The van der Waals surface area contributed by atoms with E-state index in [4.69, 9.17) is 4.42 Å². The molecule has 0 fully saturated rings. The fraction of sp³-hybridized carbons (Fsp3) is 0.444. The monoisotopic (exact) mass is 314 g/mol. The lowest BCUT2D eigenvalue weighted by Crippen LogP contribution is -2.47. The van der Waals surface area contributed by atoms with E-state index in [-0.39, 0.29) is 5.54 Å². The maximum absolute atomic E-state index is 5.79. The Kier molecular flexibility index (Phi) is 5.42. The molecule has 0 aliphatic carbocycles. The lowest BCUT2D eigenvalue weighted by atomic mass is 10.1. The van der Waals surface area contributed by atoms with Crippen molar-refractivity contribution in [3.8, 4) is 11.3 Å². The van der Waals surface area contributed by atoms with Crippen molar-refractivity contribution >= 4 is 5.96 Å². The molecule has 0 unspecified atom stereocenters. The van der Waals surface area contributed by atoms with Gasteiger partial charge in [0.2, 0.25) is 5.89 Å². The zero-order valence-corrected chi connectivity index (χ0v) is 14.6. The molecule has 0 radical (unpaired) electrons. The molecule has 0 saturated carbocycles. The minimum Gasteiger partial charge on any atom is -0.439 e. The molecule has 0 amide bonds. The first-order chi connectivity index (χ1) is 10.9. The average Bonchev–Trinajstić information content (AvgIpc) is 2.93. The van der Waals surface area contributed by atoms with Gasteiger partial charge in [-0.1, -0.05) is 29.8 Å². The number of nitrogens with zero attached hydrogens (tertiary/aromatic N) is 2. The van der Waals surface area contributed by atoms with Crippen molar-refractivity contribution in [3.05, 3.63) is 41.9 Å². The first kappa shape index (κ1) is 17.1. The van der Waals surface area contributed by atoms with Crippen LogP contribution in [0.4, 0.5) is 0 Å². The summed E-state index contributed by atoms with van der Waals surface area (Å²) in [5.74, 6) is 2.13. The van der Waals surface area contributed by atoms with Gasteiger partial charge in [-0.25, -0.2) is 9.98 Å². The van der Waals surface area contributed by atoms with Gasteiger partial charge in [0, 0.05) is 17.6 Å². The molecular weight excluding hydrogens is 288 g/mol. The lowest BCUT2D eigenvalue weighted by molar-refractivity contribution is 0.492. The Labute approximate surface area is 138 Å². The second kappa shape index (κ2) is 7.31. The maximum atomic E-state index is 5.79. The normalized spacial score (nSPS) is 12.3. The van der Waals surface area contributed by atoms with Crippen LogP contribution in [0.25, 0.3) is 11.3 Å². The molecule has 23 heavy (non-hydrogen) atoms. The van der Waals surface area contributed by atoms with E-state index in [1.165, 1.54) is 5.56 Å². The molecule has 124 valence electrons. The van der Waals surface area contributed by atoms with E-state index in [1.807, 2.05) is 19.1 Å². The van der Waals surface area contributed by atoms with Crippen LogP contribution in [-0.4, -0.2) is 23.0 Å². The number of rotatable bonds is 4. The second-order valence-corrected chi connectivity index (χ2v) is 6.55. The van der Waals surface area contributed by atoms with Crippen LogP contribution in [0, 0.1) is 6.92 Å². The summed E-state index contributed by atoms with van der Waals surface area (Å²) in [6, 6.07) is 8.20. The molecule has 5 nitrogen and oxygen atoms in total. The molecule has 2 N–H and O–H groups in total. The van der Waals surface area contributed by atoms with Crippen LogP contribution in [0.2, 0.25) is 0 Å². The Morgan fingerprint density at radius 2 is 1.91 bits per heavy atom. The molecule has 5 heteroatoms. The van der Waals surface area contributed by atoms with Crippen LogP contribution in [-0.2, 0) is 6.54 Å². The highest BCUT2D eigenvalue weighted by Gasteiger charge is 2.12. The molecule has 2 aromatic rings. The third-order valence-corrected chi connectivity index (χ3v) is 3.10. The maximum Gasteiger partial charge on any atom is 0.216 e. The molecule has 0 aliphatic rings. The fourth-order valence-electron chi connectivity index (χ4n) is 2.04. The van der Waals surface area contributed by atoms with Gasteiger partial charge in [-0.05, 0) is 34.6 Å². The zero-order valence-electron chi connectivity index (χ0n) is 14.6. The number of aliphatic imine (C=N–C) groups is 1. The summed E-state index contributed by atoms with van der Waals surface area (Å²) < 4.78 is 5.79. The number of hydrogen-bond acceptors (Lipinski definition) is 3. The van der Waals surface area contributed by atoms with Crippen LogP contribution in [0.15, 0.2) is 39.9 Å². The van der Waals surface area contributed by atoms with Crippen LogP contribution >= 0.6 is 0 Å². The largest absolute Gasteiger partial charge is 0.439 e. The molecule has 1 aromatic heterocycles. The van der Waals surface area contributed by atoms with Gasteiger partial charge in [-0.3, -0.25) is 0 Å². The fourth-order valence-corrected chi connectivity index (χ4v) is 2.04. The Morgan fingerprint density at radius 1 is 1.22 bits per heavy atom. The van der Waals surface area contributed by atoms with Crippen LogP contribution in [0.1, 0.15) is 39.1 Å². The summed E-state index contributed by atoms with van der Waals surface area (Å²) in [6.45, 7) is 11.6. The van der Waals surface area contributed by atoms with Gasteiger partial charge in [0.1, 0.15) is 6.54 Å². The van der Waals surface area contributed by atoms with Gasteiger partial charge in [0.25, 0.3) is 0 Å². The topological polar surface area (TPSA) is 62.5 Å². The predicted octanol–water partition coefficient (Wildman–Crippen LogP) is 3.50. The minimum atomic E-state index is -0.0509. The average molecular weight is 314 g/mol. The molecule has 1 heterocycles. The predicted molar refractivity (Wildman–Crippen MR) is 94.4 cm³/mol. The number of aryl methyl sites for hydroxylation is 1. The van der Waals surface area contributed by atoms with Crippen molar-refractivity contribution < 1.29 is 4.42 Å². The van der Waals surface area contributed by atoms with Crippen LogP contribution in [0.5, 0.6) is 0 Å². The minimum absolute atomic E-state index is 0.0509. The summed E-state index contributed by atoms with van der Waals surface area (Å²) in [5, 5.41) is 6.57. The number of benzene rings is 1. The first-order valence-electron chi connectivity index (χ1n) is 7.95. The van der Waals surface area contributed by atoms with E-state index in [1.54, 1.807) is 6.20 Å². The Hall–Kier alpha value is -2.30. The lowest BCUT2D eigenvalue weighted by Gasteiger charge is -2.23. The van der Waals surface area contributed by atoms with E-state index in [0.29, 0.717) is 12.4 Å². The third-order valence-electron chi connectivity index (χ3n) is 3.10. The van der Waals surface area contributed by atoms with Gasteiger partial charge in [0.05, 0.1) is 6.20 Å². The van der Waals surface area contributed by atoms with Gasteiger partial charge in [0.15, 0.2) is 11.7 Å². The number of nitrogens with one attached hydrogen (secondary N) is 2. The number of hydrogen-bond donors (Lipinski definition) is 2. The number of aromatic nitrogens is 1. The van der Waals surface area contributed by atoms with Crippen molar-refractivity contribution in [1.29, 1.82) is 0 Å². The Bertz CT molecular complexity index is 650. The number of oxazole rings is 1. The van der Waals surface area contributed by atoms with E-state index in [2.05, 4.69) is 60.4 Å². The molecule has 2 rings (SSSR count). The quantitative estimate of drug-likeness (QED) is 0.670. The molecular formula is C18H26N4O. The SMILES string of the molecule is CCNC(=NCc1ncc(-c2ccc(C)cc2)o1)NC(C)(C)C. The third kappa shape index (κ3) is 5.43. The molecule has 0 saturated heterocycles. The van der Waals surface area contributed by atoms with Crippen LogP contribution < -0.4 is 10.6 Å². The van der Waals surface area contributed by atoms with E-state index < -0.39 is 0 Å². The van der Waals surface area contributed by atoms with Gasteiger partial charge in [-0.15, -0.1) is 0 Å². The highest BCUT2D eigenvalue weighted by Crippen LogP contribution is 2.21. The highest BCUT2D eigenvalue weighted by atomic mass is 16.4. The van der Waals surface area contributed by atoms with Gasteiger partial charge in [-0.2, -0.15) is 0 Å². The van der Waals surface area contributed by atoms with Gasteiger partial charge >= 0.3 is 0 Å². The van der Waals surface area contributed by atoms with Crippen LogP contribution in [0.3, 0.4) is 0 Å². The van der Waals surface area contributed by atoms with E-state index in [9.17, 15) is 0 Å². The Balaban J connectivity index is 2.07. The highest BCUT2D eigenvalue weighted by molar-refractivity contribution is 5.80. The molecule has 0 spiro atoms. The van der Waals surface area contributed by atoms with Crippen molar-refractivity contribution in [3.63, 3.8) is 0 Å². The zero-order chi connectivity index (χ0) is 16.9. The molecule has 0 aliphatic heterocycles.